The molecule has 65 valence electrons. The van der Waals surface area contributed by atoms with Crippen molar-refractivity contribution in [1.82, 2.24) is 9.46 Å². The molecule has 0 N–H and O–H groups in total. The summed E-state index contributed by atoms with van der Waals surface area (Å²) < 4.78 is 2.00. The van der Waals surface area contributed by atoms with Crippen LogP contribution in [0.15, 0.2) is 55.1 Å². The Kier molecular flexibility index (Phi) is 4.47. The first-order valence-electron chi connectivity index (χ1n) is 4.20. The first-order chi connectivity index (χ1) is 6.43. The Morgan fingerprint density at radius 1 is 0.923 bits per heavy atom. The lowest BCUT2D eigenvalue weighted by Crippen LogP contribution is -1.94. The Bertz CT molecular complexity index is 265. The SMILES string of the molecule is C[B]n1cccc1.c1ccncc1. The second-order valence-electron chi connectivity index (χ2n) is 2.41. The quantitative estimate of drug-likeness (QED) is 0.600. The Hall–Kier alpha value is -1.51. The van der Waals surface area contributed by atoms with Gasteiger partial charge in [-0.25, -0.2) is 0 Å². The maximum Gasteiger partial charge on any atom is 0.247 e. The van der Waals surface area contributed by atoms with Crippen molar-refractivity contribution in [1.29, 1.82) is 0 Å². The standard InChI is InChI=1S/C5H7BN.C5H5N/c1-6-7-4-2-3-5-7;1-2-4-6-5-3-1/h2-5H,1H3;1-5H. The number of nitrogens with zero attached hydrogens (tertiary/aromatic N) is 2. The molecule has 2 nitrogen and oxygen atoms in total. The molecule has 0 saturated carbocycles. The van der Waals surface area contributed by atoms with Crippen molar-refractivity contribution in [2.24, 2.45) is 0 Å². The van der Waals surface area contributed by atoms with Crippen LogP contribution in [-0.4, -0.2) is 16.9 Å². The van der Waals surface area contributed by atoms with Crippen LogP contribution < -0.4 is 0 Å². The molecule has 0 aliphatic heterocycles. The molecule has 3 heteroatoms. The second kappa shape index (κ2) is 6.06. The minimum atomic E-state index is 1.75. The molecule has 2 rings (SSSR count). The van der Waals surface area contributed by atoms with Crippen LogP contribution in [0.5, 0.6) is 0 Å². The van der Waals surface area contributed by atoms with Crippen molar-refractivity contribution in [3.05, 3.63) is 55.1 Å². The molecule has 0 fully saturated rings. The summed E-state index contributed by atoms with van der Waals surface area (Å²) in [5, 5.41) is 0. The fourth-order valence-electron chi connectivity index (χ4n) is 0.833. The van der Waals surface area contributed by atoms with Crippen molar-refractivity contribution in [3.63, 3.8) is 0 Å². The highest BCUT2D eigenvalue weighted by molar-refractivity contribution is 6.31. The minimum absolute atomic E-state index is 1.75. The lowest BCUT2D eigenvalue weighted by molar-refractivity contribution is 1.24. The van der Waals surface area contributed by atoms with Crippen molar-refractivity contribution in [2.45, 2.75) is 6.82 Å². The summed E-state index contributed by atoms with van der Waals surface area (Å²) in [7, 11) is 2.00. The molecule has 0 saturated heterocycles. The normalized spacial score (nSPS) is 8.38. The smallest absolute Gasteiger partial charge is 0.247 e. The summed E-state index contributed by atoms with van der Waals surface area (Å²) in [6, 6.07) is 9.72. The molecule has 0 amide bonds. The van der Waals surface area contributed by atoms with Crippen molar-refractivity contribution in [2.75, 3.05) is 0 Å². The zero-order chi connectivity index (χ0) is 9.36. The van der Waals surface area contributed by atoms with Crippen LogP contribution in [0.3, 0.4) is 0 Å². The average Bonchev–Trinajstić information content (AvgIpc) is 2.74. The molecule has 0 spiro atoms. The highest BCUT2D eigenvalue weighted by Crippen LogP contribution is 1.83. The van der Waals surface area contributed by atoms with Gasteiger partial charge in [0.1, 0.15) is 0 Å². The minimum Gasteiger partial charge on any atom is -0.403 e. The van der Waals surface area contributed by atoms with Crippen LogP contribution in [0.4, 0.5) is 0 Å². The van der Waals surface area contributed by atoms with Gasteiger partial charge in [-0.05, 0) is 36.7 Å². The van der Waals surface area contributed by atoms with Crippen LogP contribution in [0.1, 0.15) is 0 Å². The fourth-order valence-corrected chi connectivity index (χ4v) is 0.833. The molecule has 2 aromatic rings. The number of hydrogen-bond donors (Lipinski definition) is 0. The summed E-state index contributed by atoms with van der Waals surface area (Å²) in [6.07, 6.45) is 7.50. The van der Waals surface area contributed by atoms with Gasteiger partial charge in [-0.1, -0.05) is 12.9 Å². The van der Waals surface area contributed by atoms with E-state index in [1.165, 1.54) is 0 Å². The van der Waals surface area contributed by atoms with Gasteiger partial charge in [0, 0.05) is 12.4 Å². The molecule has 2 heterocycles. The van der Waals surface area contributed by atoms with Crippen molar-refractivity contribution in [3.8, 4) is 0 Å². The van der Waals surface area contributed by atoms with E-state index < -0.39 is 0 Å². The Morgan fingerprint density at radius 3 is 1.77 bits per heavy atom. The van der Waals surface area contributed by atoms with E-state index in [0.717, 1.165) is 0 Å². The third-order valence-corrected chi connectivity index (χ3v) is 1.49. The van der Waals surface area contributed by atoms with E-state index in [2.05, 4.69) is 4.98 Å². The van der Waals surface area contributed by atoms with Crippen LogP contribution in [0, 0.1) is 0 Å². The van der Waals surface area contributed by atoms with Gasteiger partial charge in [-0.3, -0.25) is 4.98 Å². The zero-order valence-corrected chi connectivity index (χ0v) is 7.67. The molecule has 13 heavy (non-hydrogen) atoms. The van der Waals surface area contributed by atoms with E-state index >= 15 is 0 Å². The molecular weight excluding hydrogens is 159 g/mol. The number of rotatable bonds is 1. The molecular formula is C10H12BN2. The van der Waals surface area contributed by atoms with E-state index in [4.69, 9.17) is 0 Å². The lowest BCUT2D eigenvalue weighted by Gasteiger charge is -1.87. The maximum atomic E-state index is 3.78. The molecule has 0 aliphatic carbocycles. The fraction of sp³-hybridized carbons (Fsp3) is 0.100. The maximum absolute atomic E-state index is 3.78. The lowest BCUT2D eigenvalue weighted by atomic mass is 10.0. The molecule has 0 unspecified atom stereocenters. The van der Waals surface area contributed by atoms with Crippen LogP contribution in [0.25, 0.3) is 0 Å². The first kappa shape index (κ1) is 9.58. The predicted molar refractivity (Wildman–Crippen MR) is 55.7 cm³/mol. The van der Waals surface area contributed by atoms with Gasteiger partial charge < -0.3 is 4.48 Å². The van der Waals surface area contributed by atoms with Crippen molar-refractivity contribution >= 4 is 7.41 Å². The second-order valence-corrected chi connectivity index (χ2v) is 2.41. The van der Waals surface area contributed by atoms with Crippen LogP contribution in [0.2, 0.25) is 6.82 Å². The van der Waals surface area contributed by atoms with Gasteiger partial charge in [0.15, 0.2) is 0 Å². The molecule has 0 bridgehead atoms. The van der Waals surface area contributed by atoms with Crippen molar-refractivity contribution < 1.29 is 0 Å². The van der Waals surface area contributed by atoms with Gasteiger partial charge in [-0.15, -0.1) is 0 Å². The van der Waals surface area contributed by atoms with E-state index in [9.17, 15) is 0 Å². The van der Waals surface area contributed by atoms with Gasteiger partial charge in [0.2, 0.25) is 7.41 Å². The number of pyridine rings is 1. The monoisotopic (exact) mass is 171 g/mol. The van der Waals surface area contributed by atoms with Crippen LogP contribution in [-0.2, 0) is 0 Å². The molecule has 0 aliphatic rings. The molecule has 1 radical (unpaired) electrons. The third-order valence-electron chi connectivity index (χ3n) is 1.49. The van der Waals surface area contributed by atoms with E-state index in [1.54, 1.807) is 12.4 Å². The van der Waals surface area contributed by atoms with Crippen LogP contribution >= 0.6 is 0 Å². The largest absolute Gasteiger partial charge is 0.403 e. The van der Waals surface area contributed by atoms with Gasteiger partial charge >= 0.3 is 0 Å². The van der Waals surface area contributed by atoms with E-state index in [0.29, 0.717) is 0 Å². The topological polar surface area (TPSA) is 17.8 Å². The summed E-state index contributed by atoms with van der Waals surface area (Å²) in [5.41, 5.74) is 0. The molecule has 0 atom stereocenters. The average molecular weight is 171 g/mol. The Morgan fingerprint density at radius 2 is 1.54 bits per heavy atom. The summed E-state index contributed by atoms with van der Waals surface area (Å²) in [6.45, 7) is 2.00. The highest BCUT2D eigenvalue weighted by Gasteiger charge is 1.79. The summed E-state index contributed by atoms with van der Waals surface area (Å²) in [4.78, 5) is 3.78. The third kappa shape index (κ3) is 4.16. The van der Waals surface area contributed by atoms with Gasteiger partial charge in [0.25, 0.3) is 0 Å². The Balaban J connectivity index is 0.000000132. The number of hydrogen-bond acceptors (Lipinski definition) is 1. The van der Waals surface area contributed by atoms with E-state index in [-0.39, 0.29) is 0 Å². The predicted octanol–water partition coefficient (Wildman–Crippen LogP) is 2.09. The van der Waals surface area contributed by atoms with Gasteiger partial charge in [-0.2, -0.15) is 0 Å². The number of aromatic nitrogens is 2. The van der Waals surface area contributed by atoms with Gasteiger partial charge in [0.05, 0.1) is 0 Å². The summed E-state index contributed by atoms with van der Waals surface area (Å²) in [5.74, 6) is 0. The van der Waals surface area contributed by atoms with E-state index in [1.807, 2.05) is 61.4 Å². The Labute approximate surface area is 79.5 Å². The zero-order valence-electron chi connectivity index (χ0n) is 7.67. The molecule has 2 aromatic heterocycles. The summed E-state index contributed by atoms with van der Waals surface area (Å²) >= 11 is 0. The first-order valence-corrected chi connectivity index (χ1v) is 4.20. The highest BCUT2D eigenvalue weighted by atomic mass is 14.8. The molecule has 0 aromatic carbocycles.